The van der Waals surface area contributed by atoms with Gasteiger partial charge in [-0.1, -0.05) is 48.0 Å². The maximum absolute atomic E-state index is 14.4. The standard InChI is InChI=1S/C27H23ClF2N4O2/c28-20-9-19-11-23(32-25(19)31-13-20)26(35)33-24(10-18-6-7-21(29)12-22(18)30)27(36)34-14-17(15-34)8-16-4-2-1-3-5-16/h1-7,9,11-13,17,24H,8,10,14-15H2,(H,31,32)(H,33,35)/t24-/m0/s1. The van der Waals surface area contributed by atoms with Crippen LogP contribution in [0.4, 0.5) is 8.78 Å². The number of amides is 2. The second-order valence-corrected chi connectivity index (χ2v) is 9.48. The number of benzene rings is 2. The van der Waals surface area contributed by atoms with Crippen molar-refractivity contribution in [2.24, 2.45) is 5.92 Å². The van der Waals surface area contributed by atoms with Crippen LogP contribution in [-0.2, 0) is 17.6 Å². The van der Waals surface area contributed by atoms with Gasteiger partial charge in [-0.3, -0.25) is 9.59 Å². The van der Waals surface area contributed by atoms with Gasteiger partial charge in [-0.15, -0.1) is 0 Å². The fourth-order valence-electron chi connectivity index (χ4n) is 4.50. The highest BCUT2D eigenvalue weighted by atomic mass is 35.5. The lowest BCUT2D eigenvalue weighted by atomic mass is 9.91. The molecule has 0 aliphatic carbocycles. The van der Waals surface area contributed by atoms with E-state index in [2.05, 4.69) is 15.3 Å². The predicted molar refractivity (Wildman–Crippen MR) is 133 cm³/mol. The van der Waals surface area contributed by atoms with Gasteiger partial charge in [-0.05, 0) is 41.7 Å². The van der Waals surface area contributed by atoms with Crippen molar-refractivity contribution >= 4 is 34.4 Å². The third-order valence-corrected chi connectivity index (χ3v) is 6.57. The molecule has 4 aromatic rings. The molecule has 2 amide bonds. The van der Waals surface area contributed by atoms with Crippen molar-refractivity contribution < 1.29 is 18.4 Å². The minimum atomic E-state index is -1.03. The number of nitrogens with one attached hydrogen (secondary N) is 2. The third-order valence-electron chi connectivity index (χ3n) is 6.36. The molecule has 0 saturated carbocycles. The molecule has 0 bridgehead atoms. The van der Waals surface area contributed by atoms with Crippen molar-refractivity contribution in [3.05, 3.63) is 100 Å². The maximum atomic E-state index is 14.4. The van der Waals surface area contributed by atoms with E-state index in [4.69, 9.17) is 11.6 Å². The first kappa shape index (κ1) is 23.9. The molecule has 1 saturated heterocycles. The Morgan fingerprint density at radius 1 is 1.11 bits per heavy atom. The second kappa shape index (κ2) is 10.1. The average Bonchev–Trinajstić information content (AvgIpc) is 3.26. The molecule has 184 valence electrons. The molecule has 6 nitrogen and oxygen atoms in total. The van der Waals surface area contributed by atoms with Crippen molar-refractivity contribution in [3.63, 3.8) is 0 Å². The molecule has 2 aromatic heterocycles. The lowest BCUT2D eigenvalue weighted by Crippen LogP contribution is -2.58. The molecule has 0 radical (unpaired) electrons. The van der Waals surface area contributed by atoms with E-state index in [1.54, 1.807) is 17.0 Å². The van der Waals surface area contributed by atoms with E-state index in [0.29, 0.717) is 35.1 Å². The van der Waals surface area contributed by atoms with Crippen molar-refractivity contribution in [1.82, 2.24) is 20.2 Å². The number of hydrogen-bond acceptors (Lipinski definition) is 3. The van der Waals surface area contributed by atoms with Crippen LogP contribution < -0.4 is 5.32 Å². The van der Waals surface area contributed by atoms with E-state index in [0.717, 1.165) is 18.6 Å². The molecular formula is C27H23ClF2N4O2. The smallest absolute Gasteiger partial charge is 0.268 e. The summed E-state index contributed by atoms with van der Waals surface area (Å²) in [6.45, 7) is 1.08. The van der Waals surface area contributed by atoms with E-state index >= 15 is 0 Å². The third kappa shape index (κ3) is 5.23. The van der Waals surface area contributed by atoms with Crippen LogP contribution in [-0.4, -0.2) is 45.8 Å². The molecule has 3 heterocycles. The van der Waals surface area contributed by atoms with Gasteiger partial charge in [0.2, 0.25) is 5.91 Å². The number of nitrogens with zero attached hydrogens (tertiary/aromatic N) is 2. The molecule has 1 atom stereocenters. The van der Waals surface area contributed by atoms with Crippen molar-refractivity contribution in [3.8, 4) is 0 Å². The zero-order chi connectivity index (χ0) is 25.2. The Bertz CT molecular complexity index is 1420. The van der Waals surface area contributed by atoms with E-state index in [1.807, 2.05) is 30.3 Å². The largest absolute Gasteiger partial charge is 0.340 e. The van der Waals surface area contributed by atoms with E-state index in [9.17, 15) is 18.4 Å². The van der Waals surface area contributed by atoms with Crippen LogP contribution in [0.25, 0.3) is 11.0 Å². The molecule has 1 aliphatic heterocycles. The molecule has 9 heteroatoms. The number of likely N-dealkylation sites (tertiary alicyclic amines) is 1. The molecule has 2 aromatic carbocycles. The number of hydrogen-bond donors (Lipinski definition) is 2. The van der Waals surface area contributed by atoms with Crippen molar-refractivity contribution in [2.45, 2.75) is 18.9 Å². The molecule has 36 heavy (non-hydrogen) atoms. The van der Waals surface area contributed by atoms with E-state index in [-0.39, 0.29) is 23.6 Å². The first-order chi connectivity index (χ1) is 17.4. The molecule has 1 aliphatic rings. The first-order valence-electron chi connectivity index (χ1n) is 11.6. The Hall–Kier alpha value is -3.78. The molecule has 0 spiro atoms. The van der Waals surface area contributed by atoms with Crippen LogP contribution in [0.2, 0.25) is 5.02 Å². The summed E-state index contributed by atoms with van der Waals surface area (Å²) in [5.74, 6) is -2.02. The SMILES string of the molecule is O=C(N[C@@H](Cc1ccc(F)cc1F)C(=O)N1CC(Cc2ccccc2)C1)c1cc2cc(Cl)cnc2[nH]1. The number of H-pyrrole nitrogens is 1. The molecule has 5 rings (SSSR count). The molecular weight excluding hydrogens is 486 g/mol. The number of aromatic nitrogens is 2. The zero-order valence-corrected chi connectivity index (χ0v) is 19.9. The summed E-state index contributed by atoms with van der Waals surface area (Å²) < 4.78 is 27.8. The van der Waals surface area contributed by atoms with Gasteiger partial charge in [-0.2, -0.15) is 0 Å². The van der Waals surface area contributed by atoms with Gasteiger partial charge in [-0.25, -0.2) is 13.8 Å². The van der Waals surface area contributed by atoms with Gasteiger partial charge in [0.1, 0.15) is 29.0 Å². The summed E-state index contributed by atoms with van der Waals surface area (Å²) in [7, 11) is 0. The summed E-state index contributed by atoms with van der Waals surface area (Å²) in [6.07, 6.45) is 2.20. The highest BCUT2D eigenvalue weighted by Gasteiger charge is 2.35. The molecule has 2 N–H and O–H groups in total. The van der Waals surface area contributed by atoms with Crippen LogP contribution in [0.1, 0.15) is 21.6 Å². The van der Waals surface area contributed by atoms with Crippen LogP contribution >= 0.6 is 11.6 Å². The number of fused-ring (bicyclic) bond motifs is 1. The van der Waals surface area contributed by atoms with Crippen LogP contribution in [0.15, 0.2) is 66.9 Å². The Kier molecular flexibility index (Phi) is 6.69. The first-order valence-corrected chi connectivity index (χ1v) is 12.0. The fourth-order valence-corrected chi connectivity index (χ4v) is 4.67. The minimum Gasteiger partial charge on any atom is -0.340 e. The van der Waals surface area contributed by atoms with Gasteiger partial charge < -0.3 is 15.2 Å². The number of carbonyl (C=O) groups excluding carboxylic acids is 2. The maximum Gasteiger partial charge on any atom is 0.268 e. The van der Waals surface area contributed by atoms with Gasteiger partial charge in [0, 0.05) is 37.2 Å². The average molecular weight is 509 g/mol. The molecule has 0 unspecified atom stereocenters. The zero-order valence-electron chi connectivity index (χ0n) is 19.2. The van der Waals surface area contributed by atoms with Gasteiger partial charge in [0.25, 0.3) is 5.91 Å². The quantitative estimate of drug-likeness (QED) is 0.385. The highest BCUT2D eigenvalue weighted by molar-refractivity contribution is 6.31. The number of pyridine rings is 1. The Morgan fingerprint density at radius 3 is 2.64 bits per heavy atom. The predicted octanol–water partition coefficient (Wildman–Crippen LogP) is 4.54. The summed E-state index contributed by atoms with van der Waals surface area (Å²) >= 11 is 5.98. The van der Waals surface area contributed by atoms with Gasteiger partial charge >= 0.3 is 0 Å². The Morgan fingerprint density at radius 2 is 1.89 bits per heavy atom. The fraction of sp³-hybridized carbons (Fsp3) is 0.222. The second-order valence-electron chi connectivity index (χ2n) is 9.04. The highest BCUT2D eigenvalue weighted by Crippen LogP contribution is 2.23. The summed E-state index contributed by atoms with van der Waals surface area (Å²) in [4.78, 5) is 35.1. The minimum absolute atomic E-state index is 0.110. The monoisotopic (exact) mass is 508 g/mol. The molecule has 1 fully saturated rings. The van der Waals surface area contributed by atoms with Crippen LogP contribution in [0.3, 0.4) is 0 Å². The summed E-state index contributed by atoms with van der Waals surface area (Å²) in [5.41, 5.74) is 2.01. The normalized spacial score (nSPS) is 14.5. The van der Waals surface area contributed by atoms with E-state index in [1.165, 1.54) is 17.8 Å². The lowest BCUT2D eigenvalue weighted by Gasteiger charge is -2.41. The number of rotatable bonds is 7. The van der Waals surface area contributed by atoms with Gasteiger partial charge in [0.05, 0.1) is 5.02 Å². The summed E-state index contributed by atoms with van der Waals surface area (Å²) in [6, 6.07) is 15.4. The Labute approximate surface area is 211 Å². The van der Waals surface area contributed by atoms with Gasteiger partial charge in [0.15, 0.2) is 0 Å². The van der Waals surface area contributed by atoms with Crippen LogP contribution in [0.5, 0.6) is 0 Å². The van der Waals surface area contributed by atoms with Crippen LogP contribution in [0, 0.1) is 17.6 Å². The number of halogens is 3. The summed E-state index contributed by atoms with van der Waals surface area (Å²) in [5, 5.41) is 3.80. The number of carbonyl (C=O) groups is 2. The topological polar surface area (TPSA) is 78.1 Å². The number of aromatic amines is 1. The Balaban J connectivity index is 1.32. The van der Waals surface area contributed by atoms with Crippen molar-refractivity contribution in [2.75, 3.05) is 13.1 Å². The lowest BCUT2D eigenvalue weighted by molar-refractivity contribution is -0.139. The van der Waals surface area contributed by atoms with Crippen molar-refractivity contribution in [1.29, 1.82) is 0 Å². The van der Waals surface area contributed by atoms with E-state index < -0.39 is 23.6 Å².